The first-order chi connectivity index (χ1) is 10.2. The molecule has 21 heavy (non-hydrogen) atoms. The fourth-order valence-corrected chi connectivity index (χ4v) is 3.41. The smallest absolute Gasteiger partial charge is 0.184 e. The number of nitrogen functional groups attached to an aromatic ring is 1. The number of tetrazole rings is 1. The highest BCUT2D eigenvalue weighted by atomic mass is 15.6. The number of hydrogen-bond acceptors (Lipinski definition) is 4. The largest absolute Gasteiger partial charge is 0.398 e. The maximum atomic E-state index is 6.17. The zero-order chi connectivity index (χ0) is 14.8. The summed E-state index contributed by atoms with van der Waals surface area (Å²) in [6, 6.07) is 6.31. The minimum Gasteiger partial charge on any atom is -0.398 e. The number of nitrogens with two attached hydrogens (primary N) is 1. The Kier molecular flexibility index (Phi) is 3.90. The molecular formula is C16H23N5. The Balaban J connectivity index is 2.04. The second-order valence-corrected chi connectivity index (χ2v) is 6.17. The standard InChI is InChI=1S/C16H23N5/c1-11-7-4-3-5-10-14(11)21-16(18-19-20-21)15-12(2)8-6-9-13(15)17/h6,8-9,11,14H,3-5,7,10,17H2,1-2H3. The molecule has 1 aromatic carbocycles. The summed E-state index contributed by atoms with van der Waals surface area (Å²) in [5.74, 6) is 1.41. The second-order valence-electron chi connectivity index (χ2n) is 6.17. The quantitative estimate of drug-likeness (QED) is 0.678. The Morgan fingerprint density at radius 1 is 1.19 bits per heavy atom. The van der Waals surface area contributed by atoms with E-state index in [0.717, 1.165) is 29.1 Å². The lowest BCUT2D eigenvalue weighted by atomic mass is 9.96. The second kappa shape index (κ2) is 5.84. The van der Waals surface area contributed by atoms with Gasteiger partial charge in [0.2, 0.25) is 0 Å². The molecule has 5 heteroatoms. The molecule has 1 fully saturated rings. The van der Waals surface area contributed by atoms with Crippen molar-refractivity contribution in [2.24, 2.45) is 5.92 Å². The van der Waals surface area contributed by atoms with Gasteiger partial charge in [-0.05, 0) is 47.7 Å². The Bertz CT molecular complexity index is 599. The van der Waals surface area contributed by atoms with Crippen LogP contribution in [0, 0.1) is 12.8 Å². The SMILES string of the molecule is Cc1cccc(N)c1-c1nnnn1C1CCCCCC1C. The van der Waals surface area contributed by atoms with E-state index < -0.39 is 0 Å². The van der Waals surface area contributed by atoms with Crippen molar-refractivity contribution in [1.29, 1.82) is 0 Å². The van der Waals surface area contributed by atoms with Gasteiger partial charge in [-0.15, -0.1) is 5.10 Å². The molecule has 0 radical (unpaired) electrons. The van der Waals surface area contributed by atoms with Crippen molar-refractivity contribution in [2.45, 2.75) is 52.0 Å². The van der Waals surface area contributed by atoms with Crippen LogP contribution in [0.2, 0.25) is 0 Å². The Hall–Kier alpha value is -1.91. The van der Waals surface area contributed by atoms with Crippen LogP contribution < -0.4 is 5.73 Å². The van der Waals surface area contributed by atoms with Crippen LogP contribution in [0.5, 0.6) is 0 Å². The third kappa shape index (κ3) is 2.64. The topological polar surface area (TPSA) is 69.6 Å². The summed E-state index contributed by atoms with van der Waals surface area (Å²) in [6.07, 6.45) is 6.25. The third-order valence-corrected chi connectivity index (χ3v) is 4.65. The Morgan fingerprint density at radius 2 is 2.00 bits per heavy atom. The molecule has 1 aromatic heterocycles. The lowest BCUT2D eigenvalue weighted by molar-refractivity contribution is 0.306. The Morgan fingerprint density at radius 3 is 2.81 bits per heavy atom. The van der Waals surface area contributed by atoms with E-state index in [0.29, 0.717) is 12.0 Å². The highest BCUT2D eigenvalue weighted by Crippen LogP contribution is 2.36. The minimum absolute atomic E-state index is 0.372. The summed E-state index contributed by atoms with van der Waals surface area (Å²) in [5.41, 5.74) is 9.00. The van der Waals surface area contributed by atoms with Crippen LogP contribution in [-0.2, 0) is 0 Å². The average molecular weight is 285 g/mol. The number of rotatable bonds is 2. The van der Waals surface area contributed by atoms with Crippen LogP contribution in [0.15, 0.2) is 18.2 Å². The number of benzene rings is 1. The fraction of sp³-hybridized carbons (Fsp3) is 0.562. The predicted molar refractivity (Wildman–Crippen MR) is 83.7 cm³/mol. The fourth-order valence-electron chi connectivity index (χ4n) is 3.41. The van der Waals surface area contributed by atoms with Crippen LogP contribution in [0.25, 0.3) is 11.4 Å². The van der Waals surface area contributed by atoms with Gasteiger partial charge in [0.15, 0.2) is 5.82 Å². The van der Waals surface area contributed by atoms with Gasteiger partial charge in [-0.1, -0.05) is 38.3 Å². The summed E-state index contributed by atoms with van der Waals surface area (Å²) >= 11 is 0. The number of anilines is 1. The van der Waals surface area contributed by atoms with Crippen LogP contribution in [-0.4, -0.2) is 20.2 Å². The molecule has 0 amide bonds. The lowest BCUT2D eigenvalue weighted by Crippen LogP contribution is -2.19. The summed E-state index contributed by atoms with van der Waals surface area (Å²) < 4.78 is 2.01. The molecule has 1 heterocycles. The lowest BCUT2D eigenvalue weighted by Gasteiger charge is -2.23. The molecule has 5 nitrogen and oxygen atoms in total. The molecule has 3 rings (SSSR count). The van der Waals surface area contributed by atoms with E-state index >= 15 is 0 Å². The van der Waals surface area contributed by atoms with Crippen molar-refractivity contribution < 1.29 is 0 Å². The average Bonchev–Trinajstić information content (AvgIpc) is 2.81. The van der Waals surface area contributed by atoms with E-state index in [1.807, 2.05) is 16.8 Å². The molecule has 2 aromatic rings. The zero-order valence-corrected chi connectivity index (χ0v) is 12.8. The number of aromatic nitrogens is 4. The predicted octanol–water partition coefficient (Wildman–Crippen LogP) is 3.37. The molecule has 1 aliphatic rings. The molecule has 0 bridgehead atoms. The first-order valence-electron chi connectivity index (χ1n) is 7.82. The maximum absolute atomic E-state index is 6.17. The van der Waals surface area contributed by atoms with E-state index in [1.54, 1.807) is 0 Å². The normalized spacial score (nSPS) is 23.0. The van der Waals surface area contributed by atoms with Crippen molar-refractivity contribution in [1.82, 2.24) is 20.2 Å². The molecule has 0 saturated heterocycles. The molecule has 112 valence electrons. The van der Waals surface area contributed by atoms with E-state index in [-0.39, 0.29) is 0 Å². The van der Waals surface area contributed by atoms with Crippen molar-refractivity contribution in [3.8, 4) is 11.4 Å². The van der Waals surface area contributed by atoms with Crippen molar-refractivity contribution >= 4 is 5.69 Å². The summed E-state index contributed by atoms with van der Waals surface area (Å²) in [6.45, 7) is 4.36. The first kappa shape index (κ1) is 14.0. The van der Waals surface area contributed by atoms with Gasteiger partial charge in [0, 0.05) is 11.3 Å². The monoisotopic (exact) mass is 285 g/mol. The van der Waals surface area contributed by atoms with Gasteiger partial charge in [-0.3, -0.25) is 0 Å². The molecular weight excluding hydrogens is 262 g/mol. The van der Waals surface area contributed by atoms with Gasteiger partial charge in [0.1, 0.15) is 0 Å². The molecule has 1 saturated carbocycles. The molecule has 2 unspecified atom stereocenters. The minimum atomic E-state index is 0.372. The van der Waals surface area contributed by atoms with E-state index in [4.69, 9.17) is 5.73 Å². The zero-order valence-electron chi connectivity index (χ0n) is 12.8. The highest BCUT2D eigenvalue weighted by molar-refractivity contribution is 5.74. The molecule has 0 aliphatic heterocycles. The van der Waals surface area contributed by atoms with E-state index in [2.05, 4.69) is 35.4 Å². The van der Waals surface area contributed by atoms with Gasteiger partial charge in [-0.2, -0.15) is 0 Å². The highest BCUT2D eigenvalue weighted by Gasteiger charge is 2.26. The molecule has 0 spiro atoms. The van der Waals surface area contributed by atoms with E-state index in [9.17, 15) is 0 Å². The van der Waals surface area contributed by atoms with Gasteiger partial charge in [0.05, 0.1) is 6.04 Å². The van der Waals surface area contributed by atoms with Crippen LogP contribution in [0.3, 0.4) is 0 Å². The number of nitrogens with zero attached hydrogens (tertiary/aromatic N) is 4. The number of aryl methyl sites for hydroxylation is 1. The van der Waals surface area contributed by atoms with Crippen LogP contribution >= 0.6 is 0 Å². The van der Waals surface area contributed by atoms with Gasteiger partial charge >= 0.3 is 0 Å². The van der Waals surface area contributed by atoms with Gasteiger partial charge in [-0.25, -0.2) is 4.68 Å². The summed E-state index contributed by atoms with van der Waals surface area (Å²) in [4.78, 5) is 0. The molecule has 1 aliphatic carbocycles. The van der Waals surface area contributed by atoms with Crippen molar-refractivity contribution in [3.63, 3.8) is 0 Å². The number of hydrogen-bond donors (Lipinski definition) is 1. The summed E-state index contributed by atoms with van der Waals surface area (Å²) in [5, 5.41) is 12.5. The van der Waals surface area contributed by atoms with Gasteiger partial charge < -0.3 is 5.73 Å². The van der Waals surface area contributed by atoms with Crippen LogP contribution in [0.1, 0.15) is 50.6 Å². The molecule has 2 N–H and O–H groups in total. The molecule has 2 atom stereocenters. The first-order valence-corrected chi connectivity index (χ1v) is 7.82. The van der Waals surface area contributed by atoms with Crippen LogP contribution in [0.4, 0.5) is 5.69 Å². The van der Waals surface area contributed by atoms with Crippen molar-refractivity contribution in [2.75, 3.05) is 5.73 Å². The summed E-state index contributed by atoms with van der Waals surface area (Å²) in [7, 11) is 0. The maximum Gasteiger partial charge on any atom is 0.184 e. The van der Waals surface area contributed by atoms with E-state index in [1.165, 1.54) is 25.7 Å². The Labute approximate surface area is 125 Å². The third-order valence-electron chi connectivity index (χ3n) is 4.65. The van der Waals surface area contributed by atoms with Crippen molar-refractivity contribution in [3.05, 3.63) is 23.8 Å². The van der Waals surface area contributed by atoms with Gasteiger partial charge in [0.25, 0.3) is 0 Å².